The van der Waals surface area contributed by atoms with Crippen LogP contribution in [-0.4, -0.2) is 22.6 Å². The van der Waals surface area contributed by atoms with Crippen LogP contribution in [-0.2, 0) is 14.3 Å². The van der Waals surface area contributed by atoms with Crippen molar-refractivity contribution in [2.75, 3.05) is 0 Å². The van der Waals surface area contributed by atoms with Gasteiger partial charge in [-0.3, -0.25) is 4.79 Å². The highest BCUT2D eigenvalue weighted by molar-refractivity contribution is 5.87. The van der Waals surface area contributed by atoms with E-state index >= 15 is 0 Å². The summed E-state index contributed by atoms with van der Waals surface area (Å²) in [5, 5.41) is 10.9. The summed E-state index contributed by atoms with van der Waals surface area (Å²) in [5.41, 5.74) is 0.600. The van der Waals surface area contributed by atoms with Crippen LogP contribution in [0.2, 0.25) is 0 Å². The average Bonchev–Trinajstić information content (AvgIpc) is 2.80. The Labute approximate surface area is 113 Å². The third-order valence-electron chi connectivity index (χ3n) is 4.52. The van der Waals surface area contributed by atoms with Crippen molar-refractivity contribution in [2.24, 2.45) is 23.7 Å². The van der Waals surface area contributed by atoms with Gasteiger partial charge in [0.25, 0.3) is 0 Å². The number of ketones is 1. The van der Waals surface area contributed by atoms with Crippen molar-refractivity contribution in [2.45, 2.75) is 46.3 Å². The molecular weight excluding hydrogens is 244 g/mol. The predicted molar refractivity (Wildman–Crippen MR) is 70.0 cm³/mol. The van der Waals surface area contributed by atoms with Gasteiger partial charge in [-0.1, -0.05) is 20.8 Å². The molecule has 0 aromatic carbocycles. The molecule has 1 aliphatic heterocycles. The quantitative estimate of drug-likeness (QED) is 0.794. The lowest BCUT2D eigenvalue weighted by Gasteiger charge is -2.37. The second-order valence-corrected chi connectivity index (χ2v) is 6.17. The van der Waals surface area contributed by atoms with E-state index in [-0.39, 0.29) is 29.5 Å². The molecule has 1 aliphatic carbocycles. The van der Waals surface area contributed by atoms with E-state index in [4.69, 9.17) is 4.74 Å². The monoisotopic (exact) mass is 266 g/mol. The molecule has 4 heteroatoms. The van der Waals surface area contributed by atoms with Crippen LogP contribution in [0.5, 0.6) is 0 Å². The van der Waals surface area contributed by atoms with Crippen molar-refractivity contribution in [3.05, 3.63) is 11.6 Å². The van der Waals surface area contributed by atoms with Crippen LogP contribution in [0.3, 0.4) is 0 Å². The van der Waals surface area contributed by atoms with E-state index in [2.05, 4.69) is 0 Å². The SMILES string of the molecule is CC(=O)[C@@H]1CC[C@@H](C)[C@H]1[C@]1(O)OC(=O)C=C1C(C)C. The summed E-state index contributed by atoms with van der Waals surface area (Å²) in [6.07, 6.45) is 3.01. The number of ether oxygens (including phenoxy) is 1. The Morgan fingerprint density at radius 2 is 2.11 bits per heavy atom. The molecule has 4 nitrogen and oxygen atoms in total. The molecule has 4 atom stereocenters. The zero-order valence-corrected chi connectivity index (χ0v) is 12.0. The number of esters is 1. The van der Waals surface area contributed by atoms with Crippen LogP contribution >= 0.6 is 0 Å². The predicted octanol–water partition coefficient (Wildman–Crippen LogP) is 2.07. The maximum Gasteiger partial charge on any atom is 0.333 e. The van der Waals surface area contributed by atoms with Crippen LogP contribution in [0.4, 0.5) is 0 Å². The minimum Gasteiger partial charge on any atom is -0.426 e. The maximum atomic E-state index is 11.8. The van der Waals surface area contributed by atoms with Crippen LogP contribution in [0, 0.1) is 23.7 Å². The van der Waals surface area contributed by atoms with Gasteiger partial charge in [0.2, 0.25) is 5.79 Å². The zero-order valence-electron chi connectivity index (χ0n) is 12.0. The van der Waals surface area contributed by atoms with E-state index in [9.17, 15) is 14.7 Å². The Morgan fingerprint density at radius 3 is 2.63 bits per heavy atom. The lowest BCUT2D eigenvalue weighted by Crippen LogP contribution is -2.47. The third-order valence-corrected chi connectivity index (χ3v) is 4.52. The molecule has 0 unspecified atom stereocenters. The lowest BCUT2D eigenvalue weighted by atomic mass is 9.76. The van der Waals surface area contributed by atoms with Gasteiger partial charge in [-0.25, -0.2) is 4.79 Å². The molecule has 0 aromatic heterocycles. The van der Waals surface area contributed by atoms with Crippen molar-refractivity contribution in [3.63, 3.8) is 0 Å². The fourth-order valence-electron chi connectivity index (χ4n) is 3.63. The second kappa shape index (κ2) is 4.75. The average molecular weight is 266 g/mol. The van der Waals surface area contributed by atoms with Gasteiger partial charge in [-0.15, -0.1) is 0 Å². The topological polar surface area (TPSA) is 63.6 Å². The van der Waals surface area contributed by atoms with E-state index in [0.717, 1.165) is 12.8 Å². The van der Waals surface area contributed by atoms with Crippen molar-refractivity contribution in [1.29, 1.82) is 0 Å². The Bertz CT molecular complexity index is 437. The highest BCUT2D eigenvalue weighted by Crippen LogP contribution is 2.50. The Morgan fingerprint density at radius 1 is 1.47 bits per heavy atom. The van der Waals surface area contributed by atoms with Gasteiger partial charge in [0, 0.05) is 23.5 Å². The van der Waals surface area contributed by atoms with Gasteiger partial charge in [0.1, 0.15) is 5.78 Å². The first-order valence-electron chi connectivity index (χ1n) is 6.95. The van der Waals surface area contributed by atoms with Crippen molar-refractivity contribution in [1.82, 2.24) is 0 Å². The number of carbonyl (C=O) groups excluding carboxylic acids is 2. The molecule has 0 aromatic rings. The number of carbonyl (C=O) groups is 2. The summed E-state index contributed by atoms with van der Waals surface area (Å²) < 4.78 is 5.23. The van der Waals surface area contributed by atoms with Gasteiger partial charge in [-0.05, 0) is 31.6 Å². The molecule has 1 fully saturated rings. The number of aliphatic hydroxyl groups is 1. The first kappa shape index (κ1) is 14.3. The first-order chi connectivity index (χ1) is 8.77. The molecule has 0 saturated heterocycles. The second-order valence-electron chi connectivity index (χ2n) is 6.17. The minimum atomic E-state index is -1.60. The Hall–Kier alpha value is -1.16. The molecule has 2 aliphatic rings. The van der Waals surface area contributed by atoms with Gasteiger partial charge in [0.15, 0.2) is 0 Å². The fourth-order valence-corrected chi connectivity index (χ4v) is 3.63. The fraction of sp³-hybridized carbons (Fsp3) is 0.733. The molecule has 19 heavy (non-hydrogen) atoms. The number of hydrogen-bond acceptors (Lipinski definition) is 4. The van der Waals surface area contributed by atoms with Crippen LogP contribution in [0.25, 0.3) is 0 Å². The number of hydrogen-bond donors (Lipinski definition) is 1. The normalized spacial score (nSPS) is 38.5. The molecule has 0 spiro atoms. The van der Waals surface area contributed by atoms with Gasteiger partial charge in [-0.2, -0.15) is 0 Å². The van der Waals surface area contributed by atoms with Crippen LogP contribution < -0.4 is 0 Å². The van der Waals surface area contributed by atoms with Crippen molar-refractivity contribution >= 4 is 11.8 Å². The van der Waals surface area contributed by atoms with Crippen LogP contribution in [0.1, 0.15) is 40.5 Å². The molecule has 106 valence electrons. The van der Waals surface area contributed by atoms with Crippen molar-refractivity contribution < 1.29 is 19.4 Å². The largest absolute Gasteiger partial charge is 0.426 e. The summed E-state index contributed by atoms with van der Waals surface area (Å²) in [7, 11) is 0. The zero-order chi connectivity index (χ0) is 14.4. The summed E-state index contributed by atoms with van der Waals surface area (Å²) in [6.45, 7) is 7.40. The third kappa shape index (κ3) is 2.22. The molecular formula is C15H22O4. The van der Waals surface area contributed by atoms with Gasteiger partial charge in [0.05, 0.1) is 0 Å². The number of cyclic esters (lactones) is 1. The lowest BCUT2D eigenvalue weighted by molar-refractivity contribution is -0.212. The highest BCUT2D eigenvalue weighted by Gasteiger charge is 2.56. The molecule has 0 radical (unpaired) electrons. The van der Waals surface area contributed by atoms with Crippen LogP contribution in [0.15, 0.2) is 11.6 Å². The van der Waals surface area contributed by atoms with E-state index < -0.39 is 11.8 Å². The Kier molecular flexibility index (Phi) is 3.56. The molecule has 2 rings (SSSR count). The Balaban J connectivity index is 2.40. The number of rotatable bonds is 3. The molecule has 1 N–H and O–H groups in total. The summed E-state index contributed by atoms with van der Waals surface area (Å²) in [4.78, 5) is 23.4. The summed E-state index contributed by atoms with van der Waals surface area (Å²) in [6, 6.07) is 0. The highest BCUT2D eigenvalue weighted by atomic mass is 16.7. The molecule has 0 amide bonds. The first-order valence-corrected chi connectivity index (χ1v) is 6.95. The van der Waals surface area contributed by atoms with E-state index in [1.807, 2.05) is 20.8 Å². The van der Waals surface area contributed by atoms with E-state index in [0.29, 0.717) is 5.57 Å². The molecule has 1 heterocycles. The van der Waals surface area contributed by atoms with E-state index in [1.54, 1.807) is 6.92 Å². The maximum absolute atomic E-state index is 11.8. The van der Waals surface area contributed by atoms with E-state index in [1.165, 1.54) is 6.08 Å². The van der Waals surface area contributed by atoms with Gasteiger partial charge >= 0.3 is 5.97 Å². The smallest absolute Gasteiger partial charge is 0.333 e. The minimum absolute atomic E-state index is 0.0110. The molecule has 0 bridgehead atoms. The van der Waals surface area contributed by atoms with Crippen molar-refractivity contribution in [3.8, 4) is 0 Å². The summed E-state index contributed by atoms with van der Waals surface area (Å²) in [5.74, 6) is -2.43. The van der Waals surface area contributed by atoms with Gasteiger partial charge < -0.3 is 9.84 Å². The number of Topliss-reactive ketones (excluding diaryl/α,β-unsaturated/α-hetero) is 1. The molecule has 1 saturated carbocycles. The summed E-state index contributed by atoms with van der Waals surface area (Å²) >= 11 is 0. The standard InChI is InChI=1S/C15H22O4/c1-8(2)12-7-13(17)19-15(12,18)14-9(3)5-6-11(14)10(4)16/h7-9,11,14,18H,5-6H2,1-4H3/t9-,11+,14-,15-/m1/s1.